The van der Waals surface area contributed by atoms with Gasteiger partial charge in [0.15, 0.2) is 0 Å². The van der Waals surface area contributed by atoms with Gasteiger partial charge in [0, 0.05) is 0 Å². The second-order valence-electron chi connectivity index (χ2n) is 3.66. The quantitative estimate of drug-likeness (QED) is 0.462. The molecule has 0 aromatic rings. The molecule has 0 saturated carbocycles. The first-order valence-electron chi connectivity index (χ1n) is 4.45. The second-order valence-corrected chi connectivity index (χ2v) is 3.66. The van der Waals surface area contributed by atoms with Gasteiger partial charge in [-0.2, -0.15) is 4.65 Å². The first-order chi connectivity index (χ1) is 4.95. The zero-order valence-corrected chi connectivity index (χ0v) is 10.7. The summed E-state index contributed by atoms with van der Waals surface area (Å²) in [5.41, 5.74) is 0. The predicted octanol–water partition coefficient (Wildman–Crippen LogP) is -0.795. The van der Waals surface area contributed by atoms with E-state index in [1.807, 2.05) is 6.92 Å². The van der Waals surface area contributed by atoms with Gasteiger partial charge in [0.25, 0.3) is 0 Å². The Morgan fingerprint density at radius 1 is 1.08 bits per heavy atom. The van der Waals surface area contributed by atoms with Crippen LogP contribution in [0.25, 0.3) is 0 Å². The third kappa shape index (κ3) is 3.42. The molecule has 0 unspecified atom stereocenters. The molecule has 0 heterocycles. The number of quaternary nitrogens is 1. The summed E-state index contributed by atoms with van der Waals surface area (Å²) < 4.78 is 0.705. The van der Waals surface area contributed by atoms with Crippen molar-refractivity contribution >= 4 is 0 Å². The Bertz CT molecular complexity index is 107. The summed E-state index contributed by atoms with van der Waals surface area (Å²) >= 11 is 0. The van der Waals surface area contributed by atoms with Gasteiger partial charge in [-0.1, -0.05) is 0 Å². The molecule has 0 fully saturated rings. The van der Waals surface area contributed by atoms with Gasteiger partial charge in [-0.15, -0.1) is 0 Å². The number of hydrogen-bond donors (Lipinski definition) is 0. The number of nitrogens with zero attached hydrogens (tertiary/aromatic N) is 1. The van der Waals surface area contributed by atoms with Gasteiger partial charge in [-0.25, -0.2) is 4.84 Å². The van der Waals surface area contributed by atoms with E-state index in [0.717, 1.165) is 6.61 Å². The van der Waals surface area contributed by atoms with Crippen molar-refractivity contribution in [1.29, 1.82) is 0 Å². The van der Waals surface area contributed by atoms with E-state index in [0.29, 0.717) is 16.7 Å². The summed E-state index contributed by atoms with van der Waals surface area (Å²) in [5, 5.41) is 0. The van der Waals surface area contributed by atoms with Crippen LogP contribution in [-0.4, -0.2) is 30.4 Å². The van der Waals surface area contributed by atoms with Gasteiger partial charge in [0.1, 0.15) is 18.7 Å². The third-order valence-corrected chi connectivity index (χ3v) is 2.46. The molecule has 0 atom stereocenters. The highest BCUT2D eigenvalue weighted by Crippen LogP contribution is 2.16. The monoisotopic (exact) mass is 239 g/mol. The number of halogens is 1. The van der Waals surface area contributed by atoms with Crippen LogP contribution in [0.5, 0.6) is 0 Å². The number of hydroxylamine groups is 3. The number of hydrogen-bond acceptors (Lipinski definition) is 1. The van der Waals surface area contributed by atoms with E-state index in [2.05, 4.69) is 34.7 Å². The molecular formula is C9H22BrNO. The lowest BCUT2D eigenvalue weighted by molar-refractivity contribution is -1.12. The van der Waals surface area contributed by atoms with E-state index in [4.69, 9.17) is 4.84 Å². The van der Waals surface area contributed by atoms with Crippen LogP contribution in [0.4, 0.5) is 0 Å². The molecule has 0 aliphatic carbocycles. The summed E-state index contributed by atoms with van der Waals surface area (Å²) in [6, 6.07) is 1.05. The summed E-state index contributed by atoms with van der Waals surface area (Å²) in [7, 11) is 2.14. The summed E-state index contributed by atoms with van der Waals surface area (Å²) in [5.74, 6) is 0. The van der Waals surface area contributed by atoms with Gasteiger partial charge < -0.3 is 17.0 Å². The highest BCUT2D eigenvalue weighted by Gasteiger charge is 2.31. The van der Waals surface area contributed by atoms with Crippen molar-refractivity contribution in [1.82, 2.24) is 0 Å². The average molecular weight is 240 g/mol. The fraction of sp³-hybridized carbons (Fsp3) is 1.00. The average Bonchev–Trinajstić information content (AvgIpc) is 1.87. The molecule has 0 amide bonds. The molecule has 0 bridgehead atoms. The first kappa shape index (κ1) is 14.9. The normalized spacial score (nSPS) is 12.0. The highest BCUT2D eigenvalue weighted by molar-refractivity contribution is 4.42. The van der Waals surface area contributed by atoms with Crippen LogP contribution in [0.15, 0.2) is 0 Å². The van der Waals surface area contributed by atoms with Crippen molar-refractivity contribution in [2.75, 3.05) is 13.7 Å². The number of rotatable bonds is 4. The van der Waals surface area contributed by atoms with Crippen LogP contribution in [0.1, 0.15) is 34.6 Å². The largest absolute Gasteiger partial charge is 1.00 e. The Morgan fingerprint density at radius 2 is 1.42 bits per heavy atom. The zero-order chi connectivity index (χ0) is 9.07. The van der Waals surface area contributed by atoms with Crippen LogP contribution in [0.2, 0.25) is 0 Å². The SMILES string of the molecule is CCO[N+](C)(C(C)C)C(C)C.[Br-]. The molecule has 3 heteroatoms. The zero-order valence-electron chi connectivity index (χ0n) is 9.10. The van der Waals surface area contributed by atoms with Crippen LogP contribution in [-0.2, 0) is 4.84 Å². The van der Waals surface area contributed by atoms with Gasteiger partial charge in [0.05, 0.1) is 7.05 Å². The van der Waals surface area contributed by atoms with Crippen molar-refractivity contribution in [3.8, 4) is 0 Å². The Balaban J connectivity index is 0. The minimum atomic E-state index is 0. The van der Waals surface area contributed by atoms with Gasteiger partial charge in [0.2, 0.25) is 0 Å². The molecule has 0 saturated heterocycles. The molecule has 0 aromatic carbocycles. The maximum atomic E-state index is 5.69. The molecule has 0 aliphatic rings. The third-order valence-electron chi connectivity index (χ3n) is 2.46. The van der Waals surface area contributed by atoms with E-state index in [-0.39, 0.29) is 17.0 Å². The summed E-state index contributed by atoms with van der Waals surface area (Å²) in [6.45, 7) is 11.6. The lowest BCUT2D eigenvalue weighted by atomic mass is 10.2. The standard InChI is InChI=1S/C9H22NO.BrH/c1-7-11-10(6,8(2)3)9(4)5;/h8-9H,7H2,1-6H3;1H/q+1;/p-1. The Morgan fingerprint density at radius 3 is 1.50 bits per heavy atom. The predicted molar refractivity (Wildman–Crippen MR) is 48.1 cm³/mol. The fourth-order valence-corrected chi connectivity index (χ4v) is 1.17. The molecule has 0 spiro atoms. The van der Waals surface area contributed by atoms with Crippen molar-refractivity contribution in [3.63, 3.8) is 0 Å². The molecule has 0 aromatic heterocycles. The molecule has 2 nitrogen and oxygen atoms in total. The second kappa shape index (κ2) is 5.95. The molecule has 12 heavy (non-hydrogen) atoms. The van der Waals surface area contributed by atoms with E-state index < -0.39 is 0 Å². The van der Waals surface area contributed by atoms with E-state index >= 15 is 0 Å². The van der Waals surface area contributed by atoms with Crippen molar-refractivity contribution < 1.29 is 26.5 Å². The Labute approximate surface area is 87.2 Å². The first-order valence-corrected chi connectivity index (χ1v) is 4.45. The van der Waals surface area contributed by atoms with Crippen molar-refractivity contribution in [2.45, 2.75) is 46.7 Å². The van der Waals surface area contributed by atoms with E-state index in [1.165, 1.54) is 0 Å². The van der Waals surface area contributed by atoms with Crippen molar-refractivity contribution in [3.05, 3.63) is 0 Å². The summed E-state index contributed by atoms with van der Waals surface area (Å²) in [6.07, 6.45) is 0. The summed E-state index contributed by atoms with van der Waals surface area (Å²) in [4.78, 5) is 5.69. The van der Waals surface area contributed by atoms with Crippen LogP contribution >= 0.6 is 0 Å². The molecule has 0 aliphatic heterocycles. The highest BCUT2D eigenvalue weighted by atomic mass is 79.9. The van der Waals surface area contributed by atoms with E-state index in [9.17, 15) is 0 Å². The van der Waals surface area contributed by atoms with Crippen molar-refractivity contribution in [2.24, 2.45) is 0 Å². The maximum Gasteiger partial charge on any atom is 0.113 e. The molecule has 0 rings (SSSR count). The minimum Gasteiger partial charge on any atom is -1.00 e. The van der Waals surface area contributed by atoms with Gasteiger partial charge in [-0.3, -0.25) is 0 Å². The topological polar surface area (TPSA) is 9.23 Å². The Kier molecular flexibility index (Phi) is 7.38. The molecule has 0 N–H and O–H groups in total. The van der Waals surface area contributed by atoms with Crippen LogP contribution in [0.3, 0.4) is 0 Å². The molecule has 76 valence electrons. The fourth-order valence-electron chi connectivity index (χ4n) is 1.17. The van der Waals surface area contributed by atoms with Crippen LogP contribution < -0.4 is 17.0 Å². The smallest absolute Gasteiger partial charge is 0.113 e. The van der Waals surface area contributed by atoms with Crippen LogP contribution in [0, 0.1) is 0 Å². The Hall–Kier alpha value is 0.400. The minimum absolute atomic E-state index is 0. The molecular weight excluding hydrogens is 218 g/mol. The lowest BCUT2D eigenvalue weighted by Crippen LogP contribution is -3.00. The van der Waals surface area contributed by atoms with Gasteiger partial charge in [-0.05, 0) is 34.6 Å². The maximum absolute atomic E-state index is 5.69. The van der Waals surface area contributed by atoms with Gasteiger partial charge >= 0.3 is 0 Å². The molecule has 0 radical (unpaired) electrons. The lowest BCUT2D eigenvalue weighted by Gasteiger charge is -2.38. The van der Waals surface area contributed by atoms with E-state index in [1.54, 1.807) is 0 Å².